The maximum Gasteiger partial charge on any atom is 0.234 e. The number of carbonyl (C=O) groups is 1. The molecule has 0 fully saturated rings. The smallest absolute Gasteiger partial charge is 0.234 e. The van der Waals surface area contributed by atoms with Gasteiger partial charge in [-0.05, 0) is 42.0 Å². The number of carbonyl (C=O) groups excluding carboxylic acids is 1. The summed E-state index contributed by atoms with van der Waals surface area (Å²) in [7, 11) is 0. The monoisotopic (exact) mass is 353 g/mol. The largest absolute Gasteiger partial charge is 0.325 e. The highest BCUT2D eigenvalue weighted by molar-refractivity contribution is 9.10. The second kappa shape index (κ2) is 7.45. The normalized spacial score (nSPS) is 10.3. The van der Waals surface area contributed by atoms with Crippen LogP contribution >= 0.6 is 27.7 Å². The molecule has 0 aliphatic carbocycles. The van der Waals surface area contributed by atoms with Crippen LogP contribution in [0.1, 0.15) is 5.56 Å². The molecule has 5 heteroatoms. The molecule has 0 saturated heterocycles. The predicted octanol–water partition coefficient (Wildman–Crippen LogP) is 4.46. The van der Waals surface area contributed by atoms with Gasteiger partial charge in [-0.3, -0.25) is 4.79 Å². The van der Waals surface area contributed by atoms with Crippen LogP contribution in [0.15, 0.2) is 53.0 Å². The van der Waals surface area contributed by atoms with Gasteiger partial charge in [-0.15, -0.1) is 11.8 Å². The van der Waals surface area contributed by atoms with Crippen molar-refractivity contribution in [3.8, 4) is 0 Å². The molecule has 2 aromatic rings. The maximum atomic E-state index is 12.7. The zero-order valence-corrected chi connectivity index (χ0v) is 13.0. The minimum absolute atomic E-state index is 0.0422. The zero-order valence-electron chi connectivity index (χ0n) is 10.6. The van der Waals surface area contributed by atoms with Crippen molar-refractivity contribution in [3.63, 3.8) is 0 Å². The molecule has 0 aliphatic rings. The standard InChI is InChI=1S/C15H13BrFNOS/c16-12-3-7-14(8-4-12)18-15(19)10-20-9-11-1-5-13(17)6-2-11/h1-8H,9-10H2,(H,18,19). The van der Waals surface area contributed by atoms with Crippen molar-refractivity contribution in [2.75, 3.05) is 11.1 Å². The van der Waals surface area contributed by atoms with Gasteiger partial charge < -0.3 is 5.32 Å². The molecular weight excluding hydrogens is 341 g/mol. The van der Waals surface area contributed by atoms with E-state index in [4.69, 9.17) is 0 Å². The highest BCUT2D eigenvalue weighted by Gasteiger charge is 2.03. The van der Waals surface area contributed by atoms with Gasteiger partial charge in [-0.1, -0.05) is 28.1 Å². The van der Waals surface area contributed by atoms with Crippen LogP contribution in [0.2, 0.25) is 0 Å². The molecule has 2 rings (SSSR count). The van der Waals surface area contributed by atoms with Gasteiger partial charge >= 0.3 is 0 Å². The van der Waals surface area contributed by atoms with Crippen molar-refractivity contribution in [3.05, 3.63) is 64.4 Å². The van der Waals surface area contributed by atoms with Crippen molar-refractivity contribution < 1.29 is 9.18 Å². The summed E-state index contributed by atoms with van der Waals surface area (Å²) in [5.74, 6) is 0.771. The average molecular weight is 354 g/mol. The SMILES string of the molecule is O=C(CSCc1ccc(F)cc1)Nc1ccc(Br)cc1. The average Bonchev–Trinajstić information content (AvgIpc) is 2.44. The van der Waals surface area contributed by atoms with Crippen molar-refractivity contribution in [1.82, 2.24) is 0 Å². The third-order valence-corrected chi connectivity index (χ3v) is 4.08. The Hall–Kier alpha value is -1.33. The topological polar surface area (TPSA) is 29.1 Å². The summed E-state index contributed by atoms with van der Waals surface area (Å²) in [4.78, 5) is 11.7. The molecule has 0 spiro atoms. The van der Waals surface area contributed by atoms with Gasteiger partial charge in [-0.2, -0.15) is 0 Å². The lowest BCUT2D eigenvalue weighted by Crippen LogP contribution is -2.14. The molecule has 0 saturated carbocycles. The van der Waals surface area contributed by atoms with Crippen LogP contribution in [0.25, 0.3) is 0 Å². The third kappa shape index (κ3) is 4.98. The van der Waals surface area contributed by atoms with E-state index in [0.29, 0.717) is 11.5 Å². The number of halogens is 2. The second-order valence-corrected chi connectivity index (χ2v) is 6.08. The zero-order chi connectivity index (χ0) is 14.4. The lowest BCUT2D eigenvalue weighted by Gasteiger charge is -2.05. The Morgan fingerprint density at radius 1 is 1.10 bits per heavy atom. The van der Waals surface area contributed by atoms with E-state index in [2.05, 4.69) is 21.2 Å². The first-order valence-corrected chi connectivity index (χ1v) is 7.96. The molecule has 104 valence electrons. The summed E-state index contributed by atoms with van der Waals surface area (Å²) in [6.07, 6.45) is 0. The first-order valence-electron chi connectivity index (χ1n) is 6.01. The molecule has 0 radical (unpaired) electrons. The van der Waals surface area contributed by atoms with Gasteiger partial charge in [-0.25, -0.2) is 4.39 Å². The molecule has 0 unspecified atom stereocenters. The lowest BCUT2D eigenvalue weighted by molar-refractivity contribution is -0.113. The Labute approximate surface area is 129 Å². The molecule has 0 bridgehead atoms. The van der Waals surface area contributed by atoms with Crippen LogP contribution < -0.4 is 5.32 Å². The molecule has 0 aromatic heterocycles. The lowest BCUT2D eigenvalue weighted by atomic mass is 10.2. The van der Waals surface area contributed by atoms with Crippen LogP contribution in [0, 0.1) is 5.82 Å². The molecule has 1 amide bonds. The highest BCUT2D eigenvalue weighted by Crippen LogP contribution is 2.16. The fourth-order valence-electron chi connectivity index (χ4n) is 1.57. The van der Waals surface area contributed by atoms with Gasteiger partial charge in [0.05, 0.1) is 5.75 Å². The summed E-state index contributed by atoms with van der Waals surface area (Å²) >= 11 is 4.84. The summed E-state index contributed by atoms with van der Waals surface area (Å²) in [5.41, 5.74) is 1.79. The van der Waals surface area contributed by atoms with Gasteiger partial charge in [0.25, 0.3) is 0 Å². The minimum Gasteiger partial charge on any atom is -0.325 e. The summed E-state index contributed by atoms with van der Waals surface area (Å²) in [5, 5.41) is 2.82. The number of hydrogen-bond acceptors (Lipinski definition) is 2. The molecule has 0 atom stereocenters. The van der Waals surface area contributed by atoms with E-state index < -0.39 is 0 Å². The van der Waals surface area contributed by atoms with E-state index in [-0.39, 0.29) is 11.7 Å². The van der Waals surface area contributed by atoms with E-state index in [9.17, 15) is 9.18 Å². The number of thioether (sulfide) groups is 1. The van der Waals surface area contributed by atoms with Gasteiger partial charge in [0.1, 0.15) is 5.82 Å². The van der Waals surface area contributed by atoms with E-state index in [1.54, 1.807) is 12.1 Å². The number of hydrogen-bond donors (Lipinski definition) is 1. The van der Waals surface area contributed by atoms with E-state index >= 15 is 0 Å². The molecule has 0 aliphatic heterocycles. The van der Waals surface area contributed by atoms with Crippen molar-refractivity contribution in [2.45, 2.75) is 5.75 Å². The van der Waals surface area contributed by atoms with Gasteiger partial charge in [0.2, 0.25) is 5.91 Å². The number of benzene rings is 2. The van der Waals surface area contributed by atoms with Crippen LogP contribution in [0.4, 0.5) is 10.1 Å². The number of anilines is 1. The molecule has 2 aromatic carbocycles. The predicted molar refractivity (Wildman–Crippen MR) is 85.3 cm³/mol. The van der Waals surface area contributed by atoms with E-state index in [1.807, 2.05) is 24.3 Å². The van der Waals surface area contributed by atoms with Gasteiger partial charge in [0.15, 0.2) is 0 Å². The Morgan fingerprint density at radius 2 is 1.75 bits per heavy atom. The summed E-state index contributed by atoms with van der Waals surface area (Å²) in [6, 6.07) is 13.8. The van der Waals surface area contributed by atoms with Crippen LogP contribution in [-0.4, -0.2) is 11.7 Å². The fraction of sp³-hybridized carbons (Fsp3) is 0.133. The molecular formula is C15H13BrFNOS. The van der Waals surface area contributed by atoms with Crippen LogP contribution in [0.5, 0.6) is 0 Å². The number of nitrogens with one attached hydrogen (secondary N) is 1. The third-order valence-electron chi connectivity index (χ3n) is 2.54. The van der Waals surface area contributed by atoms with E-state index in [0.717, 1.165) is 15.7 Å². The van der Waals surface area contributed by atoms with Gasteiger partial charge in [0, 0.05) is 15.9 Å². The highest BCUT2D eigenvalue weighted by atomic mass is 79.9. The van der Waals surface area contributed by atoms with Crippen molar-refractivity contribution in [1.29, 1.82) is 0 Å². The Bertz CT molecular complexity index is 571. The minimum atomic E-state index is -0.244. The molecule has 1 N–H and O–H groups in total. The quantitative estimate of drug-likeness (QED) is 0.859. The van der Waals surface area contributed by atoms with Crippen LogP contribution in [0.3, 0.4) is 0 Å². The fourth-order valence-corrected chi connectivity index (χ4v) is 2.62. The molecule has 2 nitrogen and oxygen atoms in total. The first kappa shape index (κ1) is 15.1. The summed E-state index contributed by atoms with van der Waals surface area (Å²) in [6.45, 7) is 0. The number of rotatable bonds is 5. The maximum absolute atomic E-state index is 12.7. The van der Waals surface area contributed by atoms with Crippen molar-refractivity contribution >= 4 is 39.3 Å². The molecule has 20 heavy (non-hydrogen) atoms. The summed E-state index contributed by atoms with van der Waals surface area (Å²) < 4.78 is 13.7. The van der Waals surface area contributed by atoms with Crippen molar-refractivity contribution in [2.24, 2.45) is 0 Å². The Kier molecular flexibility index (Phi) is 5.61. The molecule has 0 heterocycles. The van der Waals surface area contributed by atoms with E-state index in [1.165, 1.54) is 23.9 Å². The van der Waals surface area contributed by atoms with Crippen LogP contribution in [-0.2, 0) is 10.5 Å². The Balaban J connectivity index is 1.75. The first-order chi connectivity index (χ1) is 9.63. The Morgan fingerprint density at radius 3 is 2.40 bits per heavy atom. The number of amides is 1. The second-order valence-electron chi connectivity index (χ2n) is 4.17.